The lowest BCUT2D eigenvalue weighted by molar-refractivity contribution is 0.646. The average molecular weight is 350 g/mol. The summed E-state index contributed by atoms with van der Waals surface area (Å²) in [4.78, 5) is 0. The Kier molecular flexibility index (Phi) is 4.69. The van der Waals surface area contributed by atoms with E-state index in [0.29, 0.717) is 11.4 Å². The van der Waals surface area contributed by atoms with E-state index in [1.807, 2.05) is 43.3 Å². The largest absolute Gasteiger partial charge is 0.367 e. The normalized spacial score (nSPS) is 13.3. The van der Waals surface area contributed by atoms with Gasteiger partial charge < -0.3 is 5.32 Å². The number of anilines is 1. The Bertz CT molecular complexity index is 567. The molecule has 0 fully saturated rings. The van der Waals surface area contributed by atoms with E-state index in [2.05, 4.69) is 27.3 Å². The molecule has 0 aliphatic rings. The van der Waals surface area contributed by atoms with Crippen molar-refractivity contribution < 1.29 is 0 Å². The second-order valence-electron chi connectivity index (χ2n) is 4.88. The highest BCUT2D eigenvalue weighted by molar-refractivity contribution is 9.10. The minimum Gasteiger partial charge on any atom is -0.367 e. The molecule has 0 aliphatic heterocycles. The van der Waals surface area contributed by atoms with Gasteiger partial charge in [-0.2, -0.15) is 5.26 Å². The molecule has 0 saturated carbocycles. The topological polar surface area (TPSA) is 35.8 Å². The summed E-state index contributed by atoms with van der Waals surface area (Å²) in [7, 11) is 0. The summed E-state index contributed by atoms with van der Waals surface area (Å²) in [5.41, 5.74) is 1.33. The molecule has 0 radical (unpaired) electrons. The van der Waals surface area contributed by atoms with E-state index in [9.17, 15) is 5.26 Å². The van der Waals surface area contributed by atoms with Crippen LogP contribution in [0, 0.1) is 11.3 Å². The lowest BCUT2D eigenvalue weighted by Gasteiger charge is -2.24. The van der Waals surface area contributed by atoms with Crippen molar-refractivity contribution in [1.29, 1.82) is 5.26 Å². The highest BCUT2D eigenvalue weighted by Gasteiger charge is 2.24. The molecule has 2 aromatic rings. The smallest absolute Gasteiger partial charge is 0.126 e. The molecule has 102 valence electrons. The minimum atomic E-state index is -0.665. The van der Waals surface area contributed by atoms with Gasteiger partial charge in [0.2, 0.25) is 0 Å². The summed E-state index contributed by atoms with van der Waals surface area (Å²) < 4.78 is 1.03. The van der Waals surface area contributed by atoms with Gasteiger partial charge in [-0.25, -0.2) is 0 Å². The third kappa shape index (κ3) is 4.00. The van der Waals surface area contributed by atoms with Gasteiger partial charge in [-0.1, -0.05) is 39.7 Å². The zero-order valence-corrected chi connectivity index (χ0v) is 13.4. The zero-order chi connectivity index (χ0) is 14.6. The number of nitrogens with one attached hydrogen (secondary N) is 1. The first-order valence-corrected chi connectivity index (χ1v) is 7.37. The van der Waals surface area contributed by atoms with Crippen molar-refractivity contribution in [3.63, 3.8) is 0 Å². The van der Waals surface area contributed by atoms with Crippen molar-refractivity contribution in [2.45, 2.75) is 18.9 Å². The van der Waals surface area contributed by atoms with Gasteiger partial charge in [0.05, 0.1) is 6.07 Å². The fraction of sp³-hybridized carbons (Fsp3) is 0.188. The van der Waals surface area contributed by atoms with E-state index >= 15 is 0 Å². The summed E-state index contributed by atoms with van der Waals surface area (Å²) in [5.74, 6) is 0. The van der Waals surface area contributed by atoms with Gasteiger partial charge in [-0.05, 0) is 48.9 Å². The zero-order valence-electron chi connectivity index (χ0n) is 11.0. The van der Waals surface area contributed by atoms with Gasteiger partial charge in [-0.15, -0.1) is 0 Å². The second kappa shape index (κ2) is 6.30. The fourth-order valence-corrected chi connectivity index (χ4v) is 2.36. The first kappa shape index (κ1) is 14.9. The van der Waals surface area contributed by atoms with Gasteiger partial charge in [0.25, 0.3) is 0 Å². The van der Waals surface area contributed by atoms with Gasteiger partial charge in [0, 0.05) is 21.6 Å². The third-order valence-electron chi connectivity index (χ3n) is 2.98. The number of hydrogen-bond donors (Lipinski definition) is 1. The third-order valence-corrected chi connectivity index (χ3v) is 3.76. The molecule has 0 aliphatic carbocycles. The van der Waals surface area contributed by atoms with Crippen LogP contribution in [0.1, 0.15) is 12.5 Å². The number of nitrogens with zero attached hydrogens (tertiary/aromatic N) is 1. The van der Waals surface area contributed by atoms with Crippen molar-refractivity contribution >= 4 is 33.2 Å². The first-order valence-electron chi connectivity index (χ1n) is 6.20. The fourth-order valence-electron chi connectivity index (χ4n) is 1.97. The van der Waals surface area contributed by atoms with Crippen molar-refractivity contribution in [2.75, 3.05) is 5.32 Å². The molecule has 0 spiro atoms. The van der Waals surface area contributed by atoms with E-state index in [1.165, 1.54) is 0 Å². The standard InChI is InChI=1S/C16H14BrClN2/c1-16(11-19,10-12-2-4-13(17)5-3-12)20-15-8-6-14(18)7-9-15/h2-9,20H,10H2,1H3. The lowest BCUT2D eigenvalue weighted by Crippen LogP contribution is -2.35. The number of benzene rings is 2. The number of hydrogen-bond acceptors (Lipinski definition) is 2. The van der Waals surface area contributed by atoms with Crippen molar-refractivity contribution in [3.8, 4) is 6.07 Å². The highest BCUT2D eigenvalue weighted by atomic mass is 79.9. The Morgan fingerprint density at radius 2 is 1.75 bits per heavy atom. The SMILES string of the molecule is CC(C#N)(Cc1ccc(Br)cc1)Nc1ccc(Cl)cc1. The molecule has 4 heteroatoms. The van der Waals surface area contributed by atoms with Crippen molar-refractivity contribution in [3.05, 3.63) is 63.6 Å². The molecule has 2 rings (SSSR count). The number of nitriles is 1. The summed E-state index contributed by atoms with van der Waals surface area (Å²) in [5, 5.41) is 13.4. The van der Waals surface area contributed by atoms with Crippen LogP contribution in [0.15, 0.2) is 53.0 Å². The molecule has 0 bridgehead atoms. The van der Waals surface area contributed by atoms with Gasteiger partial charge in [-0.3, -0.25) is 0 Å². The quantitative estimate of drug-likeness (QED) is 0.839. The lowest BCUT2D eigenvalue weighted by atomic mass is 9.94. The van der Waals surface area contributed by atoms with Gasteiger partial charge >= 0.3 is 0 Å². The van der Waals surface area contributed by atoms with Crippen LogP contribution < -0.4 is 5.32 Å². The van der Waals surface area contributed by atoms with Crippen LogP contribution in [-0.2, 0) is 6.42 Å². The Labute approximate surface area is 132 Å². The van der Waals surface area contributed by atoms with Crippen LogP contribution in [0.3, 0.4) is 0 Å². The number of rotatable bonds is 4. The Hall–Kier alpha value is -1.50. The molecule has 0 aromatic heterocycles. The summed E-state index contributed by atoms with van der Waals surface area (Å²) >= 11 is 9.27. The number of halogens is 2. The van der Waals surface area contributed by atoms with Crippen molar-refractivity contribution in [2.24, 2.45) is 0 Å². The van der Waals surface area contributed by atoms with E-state index in [4.69, 9.17) is 11.6 Å². The molecule has 2 aromatic carbocycles. The predicted molar refractivity (Wildman–Crippen MR) is 86.9 cm³/mol. The molecule has 0 amide bonds. The van der Waals surface area contributed by atoms with E-state index < -0.39 is 5.54 Å². The molecule has 1 unspecified atom stereocenters. The highest BCUT2D eigenvalue weighted by Crippen LogP contribution is 2.22. The Morgan fingerprint density at radius 3 is 2.30 bits per heavy atom. The maximum Gasteiger partial charge on any atom is 0.126 e. The average Bonchev–Trinajstić information content (AvgIpc) is 2.44. The molecule has 20 heavy (non-hydrogen) atoms. The predicted octanol–water partition coefficient (Wildman–Crippen LogP) is 5.04. The molecule has 0 saturated heterocycles. The van der Waals surface area contributed by atoms with Gasteiger partial charge in [0.1, 0.15) is 5.54 Å². The monoisotopic (exact) mass is 348 g/mol. The van der Waals surface area contributed by atoms with Crippen LogP contribution in [0.4, 0.5) is 5.69 Å². The van der Waals surface area contributed by atoms with E-state index in [1.54, 1.807) is 12.1 Å². The van der Waals surface area contributed by atoms with Crippen LogP contribution in [0.2, 0.25) is 5.02 Å². The first-order chi connectivity index (χ1) is 9.50. The molecular formula is C16H14BrClN2. The summed E-state index contributed by atoms with van der Waals surface area (Å²) in [6.45, 7) is 1.89. The Morgan fingerprint density at radius 1 is 1.15 bits per heavy atom. The van der Waals surface area contributed by atoms with Gasteiger partial charge in [0.15, 0.2) is 0 Å². The minimum absolute atomic E-state index is 0.624. The summed E-state index contributed by atoms with van der Waals surface area (Å²) in [6, 6.07) is 17.7. The molecule has 2 nitrogen and oxygen atoms in total. The molecular weight excluding hydrogens is 336 g/mol. The molecule has 1 N–H and O–H groups in total. The maximum atomic E-state index is 9.47. The van der Waals surface area contributed by atoms with Crippen molar-refractivity contribution in [1.82, 2.24) is 0 Å². The maximum absolute atomic E-state index is 9.47. The Balaban J connectivity index is 2.14. The van der Waals surface area contributed by atoms with Crippen LogP contribution in [0.25, 0.3) is 0 Å². The van der Waals surface area contributed by atoms with Crippen LogP contribution >= 0.6 is 27.5 Å². The van der Waals surface area contributed by atoms with Crippen LogP contribution in [-0.4, -0.2) is 5.54 Å². The van der Waals surface area contributed by atoms with E-state index in [0.717, 1.165) is 15.7 Å². The van der Waals surface area contributed by atoms with E-state index in [-0.39, 0.29) is 0 Å². The molecule has 0 heterocycles. The molecule has 1 atom stereocenters. The van der Waals surface area contributed by atoms with Crippen LogP contribution in [0.5, 0.6) is 0 Å². The summed E-state index contributed by atoms with van der Waals surface area (Å²) in [6.07, 6.45) is 0.624. The second-order valence-corrected chi connectivity index (χ2v) is 6.23.